The van der Waals surface area contributed by atoms with Crippen molar-refractivity contribution in [2.45, 2.75) is 18.4 Å². The predicted octanol–water partition coefficient (Wildman–Crippen LogP) is 6.89. The van der Waals surface area contributed by atoms with Gasteiger partial charge in [-0.25, -0.2) is 0 Å². The molecule has 5 rings (SSSR count). The Morgan fingerprint density at radius 2 is 1.77 bits per heavy atom. The smallest absolute Gasteiger partial charge is 0.339 e. The molecule has 0 spiro atoms. The van der Waals surface area contributed by atoms with Crippen molar-refractivity contribution in [3.8, 4) is 23.0 Å². The molecule has 1 saturated heterocycles. The molecule has 0 aliphatic carbocycles. The van der Waals surface area contributed by atoms with Crippen LogP contribution in [0.15, 0.2) is 62.8 Å². The van der Waals surface area contributed by atoms with Crippen LogP contribution in [0.5, 0.6) is 23.0 Å². The number of nitrogens with zero attached hydrogens (tertiary/aromatic N) is 1. The highest BCUT2D eigenvalue weighted by Gasteiger charge is 2.36. The molecule has 3 aromatic rings. The Morgan fingerprint density at radius 3 is 2.48 bits per heavy atom. The van der Waals surface area contributed by atoms with E-state index in [9.17, 15) is 18.0 Å². The van der Waals surface area contributed by atoms with Crippen molar-refractivity contribution < 1.29 is 36.4 Å². The number of thioether (sulfide) groups is 1. The average molecular weight is 687 g/mol. The number of imide groups is 1. The van der Waals surface area contributed by atoms with Gasteiger partial charge in [0.15, 0.2) is 23.0 Å². The van der Waals surface area contributed by atoms with E-state index in [0.717, 1.165) is 16.7 Å². The number of hydrogen-bond acceptors (Lipinski definition) is 9. The summed E-state index contributed by atoms with van der Waals surface area (Å²) in [6.45, 7) is 1.95. The first-order valence-corrected chi connectivity index (χ1v) is 15.3. The molecule has 208 valence electrons. The standard InChI is InChI=1S/C26H18BrCl2NO8S2/c1-2-35-22-8-14(7-18(27)24(22)38-40(33,34)17-5-3-16(28)4-6-17)9-23-25(31)30(26(32)39-23)12-15-10-20-21(11-19(15)29)37-13-36-20/h3-11H,2,12-13H2,1H3/b23-9-. The first-order chi connectivity index (χ1) is 19.1. The minimum absolute atomic E-state index is 0.0549. The zero-order valence-corrected chi connectivity index (χ0v) is 25.2. The Labute approximate surface area is 252 Å². The van der Waals surface area contributed by atoms with Crippen LogP contribution in [0.4, 0.5) is 4.79 Å². The van der Waals surface area contributed by atoms with Crippen LogP contribution in [0.3, 0.4) is 0 Å². The maximum absolute atomic E-state index is 13.2. The van der Waals surface area contributed by atoms with Crippen LogP contribution in [-0.4, -0.2) is 37.9 Å². The third kappa shape index (κ3) is 5.91. The molecule has 0 saturated carbocycles. The number of rotatable bonds is 8. The summed E-state index contributed by atoms with van der Waals surface area (Å²) in [6, 6.07) is 11.8. The molecule has 14 heteroatoms. The molecule has 9 nitrogen and oxygen atoms in total. The Balaban J connectivity index is 1.40. The topological polar surface area (TPSA) is 108 Å². The van der Waals surface area contributed by atoms with Crippen molar-refractivity contribution in [3.05, 3.63) is 79.1 Å². The van der Waals surface area contributed by atoms with Crippen molar-refractivity contribution in [2.24, 2.45) is 0 Å². The van der Waals surface area contributed by atoms with Crippen LogP contribution in [0.1, 0.15) is 18.1 Å². The lowest BCUT2D eigenvalue weighted by atomic mass is 10.1. The maximum Gasteiger partial charge on any atom is 0.339 e. The van der Waals surface area contributed by atoms with Crippen LogP contribution in [0.25, 0.3) is 6.08 Å². The lowest BCUT2D eigenvalue weighted by Crippen LogP contribution is -2.27. The van der Waals surface area contributed by atoms with Crippen molar-refractivity contribution in [3.63, 3.8) is 0 Å². The Hall–Kier alpha value is -2.90. The van der Waals surface area contributed by atoms with Gasteiger partial charge in [0.2, 0.25) is 6.79 Å². The van der Waals surface area contributed by atoms with E-state index in [1.54, 1.807) is 25.1 Å². The monoisotopic (exact) mass is 685 g/mol. The van der Waals surface area contributed by atoms with E-state index < -0.39 is 21.3 Å². The normalized spacial score (nSPS) is 15.7. The average Bonchev–Trinajstić information content (AvgIpc) is 3.45. The Morgan fingerprint density at radius 1 is 1.07 bits per heavy atom. The van der Waals surface area contributed by atoms with Gasteiger partial charge in [-0.05, 0) is 94.3 Å². The second kappa shape index (κ2) is 11.5. The number of fused-ring (bicyclic) bond motifs is 1. The van der Waals surface area contributed by atoms with E-state index in [0.29, 0.717) is 32.7 Å². The van der Waals surface area contributed by atoms with Crippen LogP contribution < -0.4 is 18.4 Å². The number of halogens is 3. The predicted molar refractivity (Wildman–Crippen MR) is 154 cm³/mol. The highest BCUT2D eigenvalue weighted by Crippen LogP contribution is 2.42. The van der Waals surface area contributed by atoms with E-state index in [2.05, 4.69) is 15.9 Å². The lowest BCUT2D eigenvalue weighted by Gasteiger charge is -2.15. The van der Waals surface area contributed by atoms with Crippen LogP contribution in [0, 0.1) is 0 Å². The minimum Gasteiger partial charge on any atom is -0.490 e. The number of carbonyl (C=O) groups is 2. The van der Waals surface area contributed by atoms with Crippen LogP contribution in [0.2, 0.25) is 10.0 Å². The number of hydrogen-bond donors (Lipinski definition) is 0. The van der Waals surface area contributed by atoms with Gasteiger partial charge in [-0.1, -0.05) is 23.2 Å². The first kappa shape index (κ1) is 28.6. The van der Waals surface area contributed by atoms with Crippen molar-refractivity contribution in [2.75, 3.05) is 13.4 Å². The van der Waals surface area contributed by atoms with Gasteiger partial charge in [-0.2, -0.15) is 8.42 Å². The number of ether oxygens (including phenoxy) is 3. The molecule has 0 unspecified atom stereocenters. The fourth-order valence-corrected chi connectivity index (χ4v) is 6.60. The molecule has 40 heavy (non-hydrogen) atoms. The molecule has 2 amide bonds. The van der Waals surface area contributed by atoms with Gasteiger partial charge in [0.25, 0.3) is 11.1 Å². The van der Waals surface area contributed by atoms with E-state index in [-0.39, 0.29) is 45.7 Å². The van der Waals surface area contributed by atoms with Gasteiger partial charge in [0.05, 0.1) is 22.5 Å². The second-order valence-electron chi connectivity index (χ2n) is 8.32. The van der Waals surface area contributed by atoms with Crippen LogP contribution >= 0.6 is 50.9 Å². The SMILES string of the molecule is CCOc1cc(/C=C2\SC(=O)N(Cc3cc4c(cc3Cl)OCO4)C2=O)cc(Br)c1OS(=O)(=O)c1ccc(Cl)cc1. The Kier molecular flexibility index (Phi) is 8.25. The number of benzene rings is 3. The molecule has 2 heterocycles. The molecule has 2 aliphatic rings. The molecule has 0 atom stereocenters. The molecule has 0 bridgehead atoms. The third-order valence-corrected chi connectivity index (χ3v) is 9.00. The summed E-state index contributed by atoms with van der Waals surface area (Å²) < 4.78 is 47.7. The molecular formula is C26H18BrCl2NO8S2. The minimum atomic E-state index is -4.21. The van der Waals surface area contributed by atoms with E-state index >= 15 is 0 Å². The fraction of sp³-hybridized carbons (Fsp3) is 0.154. The third-order valence-electron chi connectivity index (χ3n) is 5.67. The molecule has 0 N–H and O–H groups in total. The molecule has 3 aromatic carbocycles. The summed E-state index contributed by atoms with van der Waals surface area (Å²) in [6.07, 6.45) is 1.51. The molecule has 2 aliphatic heterocycles. The highest BCUT2D eigenvalue weighted by atomic mass is 79.9. The molecular weight excluding hydrogens is 669 g/mol. The van der Waals surface area contributed by atoms with Gasteiger partial charge < -0.3 is 18.4 Å². The zero-order chi connectivity index (χ0) is 28.6. The first-order valence-electron chi connectivity index (χ1n) is 11.6. The molecule has 1 fully saturated rings. The summed E-state index contributed by atoms with van der Waals surface area (Å²) in [4.78, 5) is 27.1. The lowest BCUT2D eigenvalue weighted by molar-refractivity contribution is -0.123. The van der Waals surface area contributed by atoms with Crippen LogP contribution in [-0.2, 0) is 21.5 Å². The summed E-state index contributed by atoms with van der Waals surface area (Å²) in [5.74, 6) is 0.512. The number of amides is 2. The van der Waals surface area contributed by atoms with Crippen molar-refractivity contribution in [1.82, 2.24) is 4.90 Å². The molecule has 0 radical (unpaired) electrons. The second-order valence-corrected chi connectivity index (χ2v) is 12.6. The quantitative estimate of drug-likeness (QED) is 0.185. The van der Waals surface area contributed by atoms with Crippen molar-refractivity contribution in [1.29, 1.82) is 0 Å². The number of carbonyl (C=O) groups excluding carboxylic acids is 2. The van der Waals surface area contributed by atoms with E-state index in [4.69, 9.17) is 41.6 Å². The largest absolute Gasteiger partial charge is 0.490 e. The van der Waals surface area contributed by atoms with Gasteiger partial charge in [0, 0.05) is 16.1 Å². The van der Waals surface area contributed by atoms with Gasteiger partial charge in [0.1, 0.15) is 4.90 Å². The van der Waals surface area contributed by atoms with E-state index in [1.807, 2.05) is 0 Å². The molecule has 0 aromatic heterocycles. The highest BCUT2D eigenvalue weighted by molar-refractivity contribution is 9.10. The van der Waals surface area contributed by atoms with Gasteiger partial charge >= 0.3 is 10.1 Å². The Bertz CT molecular complexity index is 1660. The zero-order valence-electron chi connectivity index (χ0n) is 20.5. The fourth-order valence-electron chi connectivity index (χ4n) is 3.81. The van der Waals surface area contributed by atoms with E-state index in [1.165, 1.54) is 36.4 Å². The summed E-state index contributed by atoms with van der Waals surface area (Å²) >= 11 is 16.3. The summed E-state index contributed by atoms with van der Waals surface area (Å²) in [7, 11) is -4.21. The van der Waals surface area contributed by atoms with Crippen molar-refractivity contribution >= 4 is 78.2 Å². The summed E-state index contributed by atoms with van der Waals surface area (Å²) in [5.41, 5.74) is 0.998. The summed E-state index contributed by atoms with van der Waals surface area (Å²) in [5, 5.41) is 0.243. The van der Waals surface area contributed by atoms with Gasteiger partial charge in [-0.3, -0.25) is 14.5 Å². The maximum atomic E-state index is 13.2. The van der Waals surface area contributed by atoms with Gasteiger partial charge in [-0.15, -0.1) is 0 Å².